The van der Waals surface area contributed by atoms with Gasteiger partial charge in [0.25, 0.3) is 0 Å². The molecule has 0 fully saturated rings. The third-order valence-corrected chi connectivity index (χ3v) is 2.81. The van der Waals surface area contributed by atoms with Gasteiger partial charge in [0.1, 0.15) is 0 Å². The molecule has 14 heavy (non-hydrogen) atoms. The molecule has 0 N–H and O–H groups in total. The van der Waals surface area contributed by atoms with Gasteiger partial charge in [-0.1, -0.05) is 34.6 Å². The molecule has 0 unspecified atom stereocenters. The first-order valence-corrected chi connectivity index (χ1v) is 3.75. The summed E-state index contributed by atoms with van der Waals surface area (Å²) in [5.74, 6) is 0. The molecular weight excluding hydrogens is 351 g/mol. The average molecular weight is 375 g/mol. The van der Waals surface area contributed by atoms with E-state index in [1.807, 2.05) is 0 Å². The second kappa shape index (κ2) is 8.36. The van der Waals surface area contributed by atoms with Crippen molar-refractivity contribution in [3.8, 4) is 0 Å². The van der Waals surface area contributed by atoms with E-state index < -0.39 is 0 Å². The van der Waals surface area contributed by atoms with Crippen LogP contribution < -0.4 is 0 Å². The fourth-order valence-corrected chi connectivity index (χ4v) is 1.41. The normalized spacial score (nSPS) is 7.50. The molecule has 0 saturated carbocycles. The Bertz CT molecular complexity index is 176. The van der Waals surface area contributed by atoms with Gasteiger partial charge in [0.15, 0.2) is 0 Å². The fraction of sp³-hybridized carbons (Fsp3) is 0.385. The summed E-state index contributed by atoms with van der Waals surface area (Å²) < 4.78 is 0. The minimum absolute atomic E-state index is 0. The van der Waals surface area contributed by atoms with Gasteiger partial charge < -0.3 is 22.3 Å². The van der Waals surface area contributed by atoms with Gasteiger partial charge in [-0.25, -0.2) is 0 Å². The molecule has 86 valence electrons. The molecule has 0 heterocycles. The fourth-order valence-electron chi connectivity index (χ4n) is 1.41. The van der Waals surface area contributed by atoms with E-state index in [4.69, 9.17) is 0 Å². The second-order valence-electron chi connectivity index (χ2n) is 3.12. The van der Waals surface area contributed by atoms with Crippen LogP contribution in [0.2, 0.25) is 0 Å². The van der Waals surface area contributed by atoms with Crippen molar-refractivity contribution < 1.29 is 21.1 Å². The summed E-state index contributed by atoms with van der Waals surface area (Å²) in [6, 6.07) is 0. The zero-order valence-corrected chi connectivity index (χ0v) is 13.1. The molecule has 0 aliphatic rings. The van der Waals surface area contributed by atoms with Gasteiger partial charge in [-0.3, -0.25) is 0 Å². The Labute approximate surface area is 106 Å². The molecule has 0 aromatic heterocycles. The second-order valence-corrected chi connectivity index (χ2v) is 3.12. The van der Waals surface area contributed by atoms with Gasteiger partial charge >= 0.3 is 21.1 Å². The monoisotopic (exact) mass is 375 g/mol. The molecule has 1 aromatic rings. The summed E-state index contributed by atoms with van der Waals surface area (Å²) >= 11 is 0. The Morgan fingerprint density at radius 2 is 0.929 bits per heavy atom. The largest absolute Gasteiger partial charge is 4.00 e. The summed E-state index contributed by atoms with van der Waals surface area (Å²) in [5.41, 5.74) is 7.34. The maximum atomic E-state index is 2.20. The zero-order chi connectivity index (χ0) is 7.89. The van der Waals surface area contributed by atoms with Crippen LogP contribution >= 0.6 is 0 Å². The quantitative estimate of drug-likeness (QED) is 0.594. The first-order chi connectivity index (χ1) is 4.55. The number of rotatable bonds is 0. The van der Waals surface area contributed by atoms with Crippen LogP contribution in [-0.2, 0) is 21.1 Å². The molecule has 1 aromatic carbocycles. The van der Waals surface area contributed by atoms with Gasteiger partial charge in [0, 0.05) is 0 Å². The van der Waals surface area contributed by atoms with E-state index in [0.717, 1.165) is 0 Å². The van der Waals surface area contributed by atoms with Crippen molar-refractivity contribution in [1.82, 2.24) is 0 Å². The molecule has 0 radical (unpaired) electrons. The molecule has 1 heteroatoms. The molecule has 0 aliphatic heterocycles. The van der Waals surface area contributed by atoms with Gasteiger partial charge in [-0.2, -0.15) is 27.8 Å². The summed E-state index contributed by atoms with van der Waals surface area (Å²) in [7, 11) is 0. The van der Waals surface area contributed by atoms with Gasteiger partial charge in [-0.05, 0) is 0 Å². The molecule has 1 rings (SSSR count). The van der Waals surface area contributed by atoms with E-state index in [1.54, 1.807) is 0 Å². The van der Waals surface area contributed by atoms with Gasteiger partial charge in [-0.15, -0.1) is 0 Å². The number of hydrogen-bond acceptors (Lipinski definition) is 0. The van der Waals surface area contributed by atoms with Crippen molar-refractivity contribution in [2.24, 2.45) is 0 Å². The summed E-state index contributed by atoms with van der Waals surface area (Å²) in [5, 5.41) is 0. The summed E-state index contributed by atoms with van der Waals surface area (Å²) in [6.07, 6.45) is 0. The summed E-state index contributed by atoms with van der Waals surface area (Å²) in [6.45, 7) is 11.0. The summed E-state index contributed by atoms with van der Waals surface area (Å²) in [4.78, 5) is 0. The van der Waals surface area contributed by atoms with Crippen LogP contribution in [0, 0.1) is 56.9 Å². The molecule has 0 amide bonds. The molecule has 0 saturated heterocycles. The first-order valence-electron chi connectivity index (χ1n) is 3.75. The molecule has 0 nitrogen and oxygen atoms in total. The molecule has 0 aliphatic carbocycles. The zero-order valence-electron chi connectivity index (χ0n) is 10.8. The van der Waals surface area contributed by atoms with E-state index in [1.165, 1.54) is 27.8 Å². The Hall–Kier alpha value is 0.0383. The molecular formula is C13H24Pt. The maximum Gasteiger partial charge on any atom is 4.00 e. The third kappa shape index (κ3) is 3.65. The van der Waals surface area contributed by atoms with Gasteiger partial charge in [0.2, 0.25) is 0 Å². The van der Waals surface area contributed by atoms with Crippen LogP contribution in [0.4, 0.5) is 0 Å². The minimum atomic E-state index is 0. The van der Waals surface area contributed by atoms with Crippen LogP contribution in [0.25, 0.3) is 0 Å². The predicted octanol–water partition coefficient (Wildman–Crippen LogP) is 4.30. The van der Waals surface area contributed by atoms with Crippen molar-refractivity contribution in [3.63, 3.8) is 0 Å². The number of hydrogen-bond donors (Lipinski definition) is 0. The van der Waals surface area contributed by atoms with Crippen LogP contribution in [0.15, 0.2) is 0 Å². The van der Waals surface area contributed by atoms with Crippen molar-refractivity contribution in [3.05, 3.63) is 50.1 Å². The van der Waals surface area contributed by atoms with Gasteiger partial charge in [0.05, 0.1) is 0 Å². The Morgan fingerprint density at radius 3 is 1.00 bits per heavy atom. The Morgan fingerprint density at radius 1 is 0.714 bits per heavy atom. The van der Waals surface area contributed by atoms with Crippen LogP contribution in [0.3, 0.4) is 0 Å². The van der Waals surface area contributed by atoms with Crippen molar-refractivity contribution in [2.45, 2.75) is 34.6 Å². The third-order valence-electron chi connectivity index (χ3n) is 2.81. The van der Waals surface area contributed by atoms with E-state index >= 15 is 0 Å². The van der Waals surface area contributed by atoms with Crippen molar-refractivity contribution in [2.75, 3.05) is 0 Å². The molecule has 0 spiro atoms. The van der Waals surface area contributed by atoms with E-state index in [2.05, 4.69) is 34.6 Å². The molecule has 0 atom stereocenters. The standard InChI is InChI=1S/C10H15.3CH3.Pt/c1-6-7(2)9(4)10(5)8(6)3;;;;/h1-5H3;3*1H3;/q4*-1;+4. The topological polar surface area (TPSA) is 0 Å². The smallest absolute Gasteiger partial charge is 0.358 e. The van der Waals surface area contributed by atoms with Crippen LogP contribution in [0.5, 0.6) is 0 Å². The Kier molecular flexibility index (Phi) is 14.1. The average Bonchev–Trinajstić information content (AvgIpc) is 2.07. The first kappa shape index (κ1) is 23.7. The van der Waals surface area contributed by atoms with E-state index in [9.17, 15) is 0 Å². The minimum Gasteiger partial charge on any atom is -0.358 e. The van der Waals surface area contributed by atoms with Crippen molar-refractivity contribution >= 4 is 0 Å². The Balaban J connectivity index is -0.000000125. The maximum absolute atomic E-state index is 2.20. The van der Waals surface area contributed by atoms with E-state index in [-0.39, 0.29) is 43.3 Å². The van der Waals surface area contributed by atoms with E-state index in [0.29, 0.717) is 0 Å². The van der Waals surface area contributed by atoms with Crippen molar-refractivity contribution in [1.29, 1.82) is 0 Å². The molecule has 0 bridgehead atoms. The SMILES string of the molecule is Cc1c(C)c(C)[c-](C)c1C.[CH3-].[CH3-].[CH3-].[Pt+4]. The predicted molar refractivity (Wildman–Crippen MR) is 65.0 cm³/mol. The van der Waals surface area contributed by atoms with Crippen LogP contribution in [0.1, 0.15) is 27.8 Å². The van der Waals surface area contributed by atoms with Crippen LogP contribution in [-0.4, -0.2) is 0 Å².